The number of hydrogen-bond donors (Lipinski definition) is 0. The molecule has 1 saturated carbocycles. The zero-order valence-electron chi connectivity index (χ0n) is 12.7. The highest BCUT2D eigenvalue weighted by molar-refractivity contribution is 6.74. The molecule has 0 bridgehead atoms. The fraction of sp³-hybridized carbons (Fsp3) is 0.800. The van der Waals surface area contributed by atoms with Crippen LogP contribution >= 0.6 is 0 Å². The lowest BCUT2D eigenvalue weighted by molar-refractivity contribution is -0.141. The molecule has 0 spiro atoms. The highest BCUT2D eigenvalue weighted by Gasteiger charge is 2.51. The largest absolute Gasteiger partial charge is 0.462 e. The summed E-state index contributed by atoms with van der Waals surface area (Å²) in [7, 11) is -1.78. The van der Waals surface area contributed by atoms with Gasteiger partial charge in [0.15, 0.2) is 8.32 Å². The predicted molar refractivity (Wildman–Crippen MR) is 78.4 cm³/mol. The fourth-order valence-electron chi connectivity index (χ4n) is 2.91. The molecule has 0 unspecified atom stereocenters. The Morgan fingerprint density at radius 3 is 2.58 bits per heavy atom. The minimum Gasteiger partial charge on any atom is -0.462 e. The van der Waals surface area contributed by atoms with Gasteiger partial charge >= 0.3 is 5.97 Å². The van der Waals surface area contributed by atoms with E-state index < -0.39 is 8.32 Å². The van der Waals surface area contributed by atoms with Crippen molar-refractivity contribution in [2.75, 3.05) is 0 Å². The number of carbonyl (C=O) groups excluding carboxylic acids is 1. The molecule has 0 N–H and O–H groups in total. The third-order valence-electron chi connectivity index (χ3n) is 5.08. The molecule has 0 aromatic rings. The van der Waals surface area contributed by atoms with Crippen molar-refractivity contribution in [3.05, 3.63) is 12.7 Å². The second-order valence-corrected chi connectivity index (χ2v) is 12.1. The maximum Gasteiger partial charge on any atom is 0.306 e. The van der Waals surface area contributed by atoms with E-state index >= 15 is 0 Å². The van der Waals surface area contributed by atoms with Crippen LogP contribution in [0.1, 0.15) is 33.6 Å². The highest BCUT2D eigenvalue weighted by atomic mass is 28.4. The van der Waals surface area contributed by atoms with E-state index in [0.717, 1.165) is 6.42 Å². The van der Waals surface area contributed by atoms with Gasteiger partial charge in [0.05, 0.1) is 12.5 Å². The molecule has 2 fully saturated rings. The summed E-state index contributed by atoms with van der Waals surface area (Å²) in [5.74, 6) is 0.470. The zero-order valence-corrected chi connectivity index (χ0v) is 13.7. The number of rotatable bonds is 3. The molecule has 0 aromatic carbocycles. The van der Waals surface area contributed by atoms with Gasteiger partial charge < -0.3 is 9.16 Å². The summed E-state index contributed by atoms with van der Waals surface area (Å²) in [5, 5.41) is 0.201. The molecule has 19 heavy (non-hydrogen) atoms. The maximum absolute atomic E-state index is 11.4. The molecule has 1 saturated heterocycles. The van der Waals surface area contributed by atoms with Gasteiger partial charge in [0.25, 0.3) is 0 Å². The first kappa shape index (κ1) is 14.8. The van der Waals surface area contributed by atoms with Crippen molar-refractivity contribution in [3.63, 3.8) is 0 Å². The van der Waals surface area contributed by atoms with Crippen molar-refractivity contribution in [1.29, 1.82) is 0 Å². The Morgan fingerprint density at radius 2 is 2.05 bits per heavy atom. The van der Waals surface area contributed by atoms with E-state index in [1.807, 2.05) is 6.08 Å². The number of carbonyl (C=O) groups is 1. The summed E-state index contributed by atoms with van der Waals surface area (Å²) >= 11 is 0. The quantitative estimate of drug-likeness (QED) is 0.451. The van der Waals surface area contributed by atoms with Crippen LogP contribution < -0.4 is 0 Å². The van der Waals surface area contributed by atoms with Crippen LogP contribution in [-0.2, 0) is 14.0 Å². The van der Waals surface area contributed by atoms with Crippen molar-refractivity contribution in [2.24, 2.45) is 11.8 Å². The van der Waals surface area contributed by atoms with Crippen LogP contribution in [0.25, 0.3) is 0 Å². The first-order valence-electron chi connectivity index (χ1n) is 7.15. The number of esters is 1. The minimum absolute atomic E-state index is 0.0465. The molecule has 108 valence electrons. The topological polar surface area (TPSA) is 35.5 Å². The average Bonchev–Trinajstić information content (AvgIpc) is 2.70. The van der Waals surface area contributed by atoms with Gasteiger partial charge in [-0.2, -0.15) is 0 Å². The Hall–Kier alpha value is -0.613. The SMILES string of the molecule is C=C[C@@H]1[C@H]2CC(=O)O[C@H]2C[C@H]1O[Si](C)(C)C(C)(C)C. The summed E-state index contributed by atoms with van der Waals surface area (Å²) < 4.78 is 11.9. The zero-order chi connectivity index (χ0) is 14.4. The lowest BCUT2D eigenvalue weighted by atomic mass is 9.92. The molecular weight excluding hydrogens is 256 g/mol. The van der Waals surface area contributed by atoms with E-state index in [2.05, 4.69) is 40.4 Å². The molecule has 2 rings (SSSR count). The van der Waals surface area contributed by atoms with E-state index in [1.165, 1.54) is 0 Å². The molecule has 1 heterocycles. The first-order valence-corrected chi connectivity index (χ1v) is 10.1. The van der Waals surface area contributed by atoms with Crippen LogP contribution in [0, 0.1) is 11.8 Å². The van der Waals surface area contributed by atoms with Crippen molar-refractivity contribution >= 4 is 14.3 Å². The van der Waals surface area contributed by atoms with E-state index in [0.29, 0.717) is 6.42 Å². The van der Waals surface area contributed by atoms with E-state index in [1.54, 1.807) is 0 Å². The molecular formula is C15H26O3Si. The molecule has 2 aliphatic rings. The molecule has 0 amide bonds. The Morgan fingerprint density at radius 1 is 1.42 bits per heavy atom. The monoisotopic (exact) mass is 282 g/mol. The Labute approximate surface area is 117 Å². The van der Waals surface area contributed by atoms with Gasteiger partial charge in [-0.3, -0.25) is 4.79 Å². The molecule has 4 heteroatoms. The number of hydrogen-bond acceptors (Lipinski definition) is 3. The standard InChI is InChI=1S/C15H26O3Si/c1-7-10-11-8-14(16)17-12(11)9-13(10)18-19(5,6)15(2,3)4/h7,10-13H,1,8-9H2,2-6H3/t10-,11-,12+,13-/m1/s1. The van der Waals surface area contributed by atoms with Gasteiger partial charge in [-0.05, 0) is 18.1 Å². The number of fused-ring (bicyclic) bond motifs is 1. The maximum atomic E-state index is 11.4. The van der Waals surface area contributed by atoms with E-state index in [-0.39, 0.29) is 35.1 Å². The lowest BCUT2D eigenvalue weighted by Gasteiger charge is -2.39. The predicted octanol–water partition coefficient (Wildman–Crippen LogP) is 3.51. The minimum atomic E-state index is -1.78. The molecule has 0 radical (unpaired) electrons. The normalized spacial score (nSPS) is 35.1. The van der Waals surface area contributed by atoms with Crippen LogP contribution in [0.2, 0.25) is 18.1 Å². The van der Waals surface area contributed by atoms with Crippen molar-refractivity contribution in [1.82, 2.24) is 0 Å². The highest BCUT2D eigenvalue weighted by Crippen LogP contribution is 2.46. The average molecular weight is 282 g/mol. The smallest absolute Gasteiger partial charge is 0.306 e. The molecule has 3 nitrogen and oxygen atoms in total. The Balaban J connectivity index is 2.11. The van der Waals surface area contributed by atoms with Crippen LogP contribution in [0.4, 0.5) is 0 Å². The number of ether oxygens (including phenoxy) is 1. The molecule has 4 atom stereocenters. The summed E-state index contributed by atoms with van der Waals surface area (Å²) in [6.07, 6.45) is 3.54. The molecule has 1 aliphatic heterocycles. The van der Waals surface area contributed by atoms with Gasteiger partial charge in [-0.1, -0.05) is 26.8 Å². The molecule has 1 aliphatic carbocycles. The fourth-order valence-corrected chi connectivity index (χ4v) is 4.27. The second-order valence-electron chi connectivity index (χ2n) is 7.36. The van der Waals surface area contributed by atoms with Crippen LogP contribution in [-0.4, -0.2) is 26.5 Å². The van der Waals surface area contributed by atoms with Crippen molar-refractivity contribution < 1.29 is 14.0 Å². The summed E-state index contributed by atoms with van der Waals surface area (Å²) in [4.78, 5) is 11.4. The lowest BCUT2D eigenvalue weighted by Crippen LogP contribution is -2.45. The van der Waals surface area contributed by atoms with Crippen LogP contribution in [0.3, 0.4) is 0 Å². The summed E-state index contributed by atoms with van der Waals surface area (Å²) in [6.45, 7) is 15.2. The molecule has 0 aromatic heterocycles. The van der Waals surface area contributed by atoms with Crippen LogP contribution in [0.15, 0.2) is 12.7 Å². The van der Waals surface area contributed by atoms with Gasteiger partial charge in [-0.15, -0.1) is 6.58 Å². The van der Waals surface area contributed by atoms with E-state index in [9.17, 15) is 4.79 Å². The van der Waals surface area contributed by atoms with Crippen LogP contribution in [0.5, 0.6) is 0 Å². The first-order chi connectivity index (χ1) is 8.65. The van der Waals surface area contributed by atoms with E-state index in [4.69, 9.17) is 9.16 Å². The van der Waals surface area contributed by atoms with Gasteiger partial charge in [0.1, 0.15) is 6.10 Å². The third kappa shape index (κ3) is 2.65. The van der Waals surface area contributed by atoms with Gasteiger partial charge in [-0.25, -0.2) is 0 Å². The summed E-state index contributed by atoms with van der Waals surface area (Å²) in [5.41, 5.74) is 0. The van der Waals surface area contributed by atoms with Gasteiger partial charge in [0.2, 0.25) is 0 Å². The second kappa shape index (κ2) is 4.74. The third-order valence-corrected chi connectivity index (χ3v) is 9.58. The summed E-state index contributed by atoms with van der Waals surface area (Å²) in [6, 6.07) is 0. The van der Waals surface area contributed by atoms with Crippen molar-refractivity contribution in [2.45, 2.75) is 64.0 Å². The van der Waals surface area contributed by atoms with Gasteiger partial charge in [0, 0.05) is 18.3 Å². The Kier molecular flexibility index (Phi) is 3.69. The van der Waals surface area contributed by atoms with Crippen molar-refractivity contribution in [3.8, 4) is 0 Å². The Bertz CT molecular complexity index is 383.